The van der Waals surface area contributed by atoms with Crippen LogP contribution in [-0.4, -0.2) is 27.8 Å². The lowest BCUT2D eigenvalue weighted by Gasteiger charge is -2.19. The highest BCUT2D eigenvalue weighted by molar-refractivity contribution is 5.80. The fourth-order valence-electron chi connectivity index (χ4n) is 2.50. The number of nitrogens with one attached hydrogen (secondary N) is 1. The average molecular weight is 287 g/mol. The van der Waals surface area contributed by atoms with Crippen LogP contribution in [0.15, 0.2) is 24.5 Å². The van der Waals surface area contributed by atoms with Gasteiger partial charge in [-0.15, -0.1) is 0 Å². The summed E-state index contributed by atoms with van der Waals surface area (Å²) in [4.78, 5) is 4.54. The highest BCUT2D eigenvalue weighted by Gasteiger charge is 2.21. The molecule has 4 heteroatoms. The van der Waals surface area contributed by atoms with Crippen molar-refractivity contribution >= 4 is 11.0 Å². The highest BCUT2D eigenvalue weighted by atomic mass is 16.5. The van der Waals surface area contributed by atoms with Crippen molar-refractivity contribution in [3.8, 4) is 0 Å². The van der Waals surface area contributed by atoms with Gasteiger partial charge in [0, 0.05) is 36.9 Å². The molecule has 2 aromatic heterocycles. The Morgan fingerprint density at radius 3 is 2.90 bits per heavy atom. The fourth-order valence-corrected chi connectivity index (χ4v) is 2.50. The molecule has 0 aromatic carbocycles. The molecule has 0 aliphatic heterocycles. The van der Waals surface area contributed by atoms with Gasteiger partial charge in [0.15, 0.2) is 0 Å². The Morgan fingerprint density at radius 2 is 2.19 bits per heavy atom. The molecule has 0 spiro atoms. The van der Waals surface area contributed by atoms with E-state index in [9.17, 15) is 0 Å². The predicted octanol–water partition coefficient (Wildman–Crippen LogP) is 3.10. The molecule has 2 aromatic rings. The summed E-state index contributed by atoms with van der Waals surface area (Å²) in [7, 11) is 0. The van der Waals surface area contributed by atoms with Crippen LogP contribution < -0.4 is 5.32 Å². The molecule has 1 aliphatic carbocycles. The number of hydrogen-bond donors (Lipinski definition) is 1. The number of aromatic nitrogens is 2. The molecule has 0 amide bonds. The molecule has 0 atom stereocenters. The first kappa shape index (κ1) is 14.5. The van der Waals surface area contributed by atoms with Gasteiger partial charge in [0.05, 0.1) is 12.2 Å². The second-order valence-electron chi connectivity index (χ2n) is 6.84. The average Bonchev–Trinajstić information content (AvgIpc) is 3.19. The molecule has 1 saturated carbocycles. The van der Waals surface area contributed by atoms with Crippen molar-refractivity contribution in [3.63, 3.8) is 0 Å². The molecule has 1 N–H and O–H groups in total. The van der Waals surface area contributed by atoms with Crippen molar-refractivity contribution in [3.05, 3.63) is 30.1 Å². The summed E-state index contributed by atoms with van der Waals surface area (Å²) in [6, 6.07) is 4.90. The summed E-state index contributed by atoms with van der Waals surface area (Å²) >= 11 is 0. The van der Waals surface area contributed by atoms with Crippen molar-refractivity contribution in [2.75, 3.05) is 6.61 Å². The van der Waals surface area contributed by atoms with Crippen LogP contribution in [0.2, 0.25) is 0 Å². The summed E-state index contributed by atoms with van der Waals surface area (Å²) in [6.45, 7) is 8.74. The first-order valence-corrected chi connectivity index (χ1v) is 7.83. The van der Waals surface area contributed by atoms with Crippen LogP contribution in [-0.2, 0) is 17.8 Å². The van der Waals surface area contributed by atoms with E-state index >= 15 is 0 Å². The number of nitrogens with zero attached hydrogens (tertiary/aromatic N) is 2. The van der Waals surface area contributed by atoms with Gasteiger partial charge in [0.1, 0.15) is 5.65 Å². The monoisotopic (exact) mass is 287 g/mol. The van der Waals surface area contributed by atoms with Crippen LogP contribution in [0.4, 0.5) is 0 Å². The van der Waals surface area contributed by atoms with Gasteiger partial charge in [-0.25, -0.2) is 4.98 Å². The maximum atomic E-state index is 5.84. The van der Waals surface area contributed by atoms with Crippen molar-refractivity contribution in [1.29, 1.82) is 0 Å². The smallest absolute Gasteiger partial charge is 0.140 e. The van der Waals surface area contributed by atoms with Gasteiger partial charge >= 0.3 is 0 Å². The van der Waals surface area contributed by atoms with E-state index in [2.05, 4.69) is 47.9 Å². The van der Waals surface area contributed by atoms with Gasteiger partial charge < -0.3 is 14.6 Å². The Morgan fingerprint density at radius 1 is 1.38 bits per heavy atom. The van der Waals surface area contributed by atoms with Crippen molar-refractivity contribution < 1.29 is 4.74 Å². The quantitative estimate of drug-likeness (QED) is 0.887. The number of fused-ring (bicyclic) bond motifs is 1. The van der Waals surface area contributed by atoms with Crippen LogP contribution in [0.3, 0.4) is 0 Å². The van der Waals surface area contributed by atoms with Crippen LogP contribution in [0.1, 0.15) is 39.2 Å². The predicted molar refractivity (Wildman–Crippen MR) is 85.3 cm³/mol. The topological polar surface area (TPSA) is 39.1 Å². The normalized spacial score (nSPS) is 15.8. The van der Waals surface area contributed by atoms with Crippen LogP contribution in [0.25, 0.3) is 11.0 Å². The first-order chi connectivity index (χ1) is 10.0. The lowest BCUT2D eigenvalue weighted by Crippen LogP contribution is -2.21. The molecule has 114 valence electrons. The molecule has 21 heavy (non-hydrogen) atoms. The minimum Gasteiger partial charge on any atom is -0.374 e. The van der Waals surface area contributed by atoms with E-state index < -0.39 is 0 Å². The Bertz CT molecular complexity index is 608. The van der Waals surface area contributed by atoms with E-state index in [1.54, 1.807) is 0 Å². The first-order valence-electron chi connectivity index (χ1n) is 7.83. The van der Waals surface area contributed by atoms with E-state index in [1.807, 2.05) is 12.3 Å². The van der Waals surface area contributed by atoms with Crippen molar-refractivity contribution in [2.24, 2.45) is 0 Å². The largest absolute Gasteiger partial charge is 0.374 e. The van der Waals surface area contributed by atoms with Crippen molar-refractivity contribution in [1.82, 2.24) is 14.9 Å². The standard InChI is InChI=1S/C17H25N3O/c1-17(2,3)21-10-9-20-12-13(11-19-14-6-7-14)15-5-4-8-18-16(15)20/h4-5,8,12,14,19H,6-7,9-11H2,1-3H3. The Labute approximate surface area is 126 Å². The zero-order chi connectivity index (χ0) is 14.9. The zero-order valence-electron chi connectivity index (χ0n) is 13.2. The van der Waals surface area contributed by atoms with Crippen molar-refractivity contribution in [2.45, 2.75) is 58.3 Å². The van der Waals surface area contributed by atoms with E-state index in [0.29, 0.717) is 6.61 Å². The van der Waals surface area contributed by atoms with Gasteiger partial charge in [-0.1, -0.05) is 0 Å². The van der Waals surface area contributed by atoms with Gasteiger partial charge in [-0.05, 0) is 51.3 Å². The molecule has 0 unspecified atom stereocenters. The molecule has 2 heterocycles. The minimum atomic E-state index is -0.0905. The van der Waals surface area contributed by atoms with E-state index in [-0.39, 0.29) is 5.60 Å². The fraction of sp³-hybridized carbons (Fsp3) is 0.588. The molecule has 1 fully saturated rings. The van der Waals surface area contributed by atoms with Crippen LogP contribution >= 0.6 is 0 Å². The van der Waals surface area contributed by atoms with Gasteiger partial charge in [0.2, 0.25) is 0 Å². The maximum absolute atomic E-state index is 5.84. The SMILES string of the molecule is CC(C)(C)OCCn1cc(CNC2CC2)c2cccnc21. The molecule has 4 nitrogen and oxygen atoms in total. The summed E-state index contributed by atoms with van der Waals surface area (Å²) in [6.07, 6.45) is 6.72. The highest BCUT2D eigenvalue weighted by Crippen LogP contribution is 2.23. The molecule has 0 radical (unpaired) electrons. The van der Waals surface area contributed by atoms with E-state index in [0.717, 1.165) is 24.8 Å². The summed E-state index contributed by atoms with van der Waals surface area (Å²) in [5, 5.41) is 4.84. The number of hydrogen-bond acceptors (Lipinski definition) is 3. The third kappa shape index (κ3) is 3.83. The van der Waals surface area contributed by atoms with Gasteiger partial charge in [-0.3, -0.25) is 0 Å². The summed E-state index contributed by atoms with van der Waals surface area (Å²) in [5.74, 6) is 0. The second-order valence-corrected chi connectivity index (χ2v) is 6.84. The third-order valence-electron chi connectivity index (χ3n) is 3.74. The number of ether oxygens (including phenoxy) is 1. The minimum absolute atomic E-state index is 0.0905. The van der Waals surface area contributed by atoms with Crippen LogP contribution in [0.5, 0.6) is 0 Å². The molecule has 0 saturated heterocycles. The molecule has 1 aliphatic rings. The van der Waals surface area contributed by atoms with Gasteiger partial charge in [-0.2, -0.15) is 0 Å². The van der Waals surface area contributed by atoms with E-state index in [4.69, 9.17) is 4.74 Å². The van der Waals surface area contributed by atoms with Gasteiger partial charge in [0.25, 0.3) is 0 Å². The Hall–Kier alpha value is -1.39. The summed E-state index contributed by atoms with van der Waals surface area (Å²) in [5.41, 5.74) is 2.30. The molecular weight excluding hydrogens is 262 g/mol. The molecule has 0 bridgehead atoms. The third-order valence-corrected chi connectivity index (χ3v) is 3.74. The van der Waals surface area contributed by atoms with E-state index in [1.165, 1.54) is 23.8 Å². The lowest BCUT2D eigenvalue weighted by molar-refractivity contribution is -0.00649. The zero-order valence-corrected chi connectivity index (χ0v) is 13.2. The maximum Gasteiger partial charge on any atom is 0.140 e. The number of rotatable bonds is 6. The Kier molecular flexibility index (Phi) is 4.00. The second kappa shape index (κ2) is 5.78. The summed E-state index contributed by atoms with van der Waals surface area (Å²) < 4.78 is 8.05. The molecular formula is C17H25N3O. The Balaban J connectivity index is 1.74. The molecule has 3 rings (SSSR count). The number of pyridine rings is 1. The van der Waals surface area contributed by atoms with Crippen LogP contribution in [0, 0.1) is 0 Å². The lowest BCUT2D eigenvalue weighted by atomic mass is 10.2.